The number of amides is 2. The maximum atomic E-state index is 12.7. The maximum absolute atomic E-state index is 12.7. The predicted octanol–water partition coefficient (Wildman–Crippen LogP) is 2.93. The van der Waals surface area contributed by atoms with Gasteiger partial charge < -0.3 is 15.6 Å². The molecule has 7 heteroatoms. The Balaban J connectivity index is 1.81. The number of carbonyl (C=O) groups is 2. The van der Waals surface area contributed by atoms with Crippen LogP contribution in [0.4, 0.5) is 5.13 Å². The number of nitrogens with zero attached hydrogens (tertiary/aromatic N) is 1. The molecule has 3 rings (SSSR count). The van der Waals surface area contributed by atoms with Crippen LogP contribution in [-0.2, 0) is 16.0 Å². The van der Waals surface area contributed by atoms with Gasteiger partial charge in [0.1, 0.15) is 6.04 Å². The van der Waals surface area contributed by atoms with Crippen molar-refractivity contribution in [1.82, 2.24) is 15.3 Å². The van der Waals surface area contributed by atoms with Gasteiger partial charge in [-0.2, -0.15) is 0 Å². The highest BCUT2D eigenvalue weighted by Gasteiger charge is 2.22. The quantitative estimate of drug-likeness (QED) is 0.657. The highest BCUT2D eigenvalue weighted by Crippen LogP contribution is 2.22. The minimum Gasteiger partial charge on any atom is -0.361 e. The summed E-state index contributed by atoms with van der Waals surface area (Å²) in [5.41, 5.74) is 2.88. The summed E-state index contributed by atoms with van der Waals surface area (Å²) in [6, 6.07) is 7.22. The fourth-order valence-electron chi connectivity index (χ4n) is 2.69. The molecule has 3 aromatic rings. The van der Waals surface area contributed by atoms with E-state index in [1.165, 1.54) is 18.3 Å². The first-order chi connectivity index (χ1) is 11.9. The molecule has 0 aliphatic carbocycles. The Kier molecular flexibility index (Phi) is 4.85. The summed E-state index contributed by atoms with van der Waals surface area (Å²) >= 11 is 1.43. The van der Waals surface area contributed by atoms with Crippen molar-refractivity contribution in [2.75, 3.05) is 5.32 Å². The molecule has 2 aromatic heterocycles. The van der Waals surface area contributed by atoms with Crippen molar-refractivity contribution in [2.45, 2.75) is 33.2 Å². The van der Waals surface area contributed by atoms with Crippen molar-refractivity contribution >= 4 is 39.2 Å². The van der Waals surface area contributed by atoms with Crippen LogP contribution in [0.3, 0.4) is 0 Å². The van der Waals surface area contributed by atoms with Crippen LogP contribution in [0, 0.1) is 13.8 Å². The number of para-hydroxylation sites is 1. The van der Waals surface area contributed by atoms with Crippen LogP contribution in [0.5, 0.6) is 0 Å². The molecule has 1 atom stereocenters. The first-order valence-corrected chi connectivity index (χ1v) is 8.82. The van der Waals surface area contributed by atoms with Gasteiger partial charge in [0.2, 0.25) is 11.8 Å². The summed E-state index contributed by atoms with van der Waals surface area (Å²) in [6.45, 7) is 5.27. The van der Waals surface area contributed by atoms with Gasteiger partial charge in [-0.1, -0.05) is 18.2 Å². The molecular formula is C18H20N4O2S. The number of thiazole rings is 1. The van der Waals surface area contributed by atoms with E-state index < -0.39 is 6.04 Å². The van der Waals surface area contributed by atoms with Gasteiger partial charge in [0.25, 0.3) is 0 Å². The van der Waals surface area contributed by atoms with Gasteiger partial charge in [0.05, 0.1) is 5.69 Å². The molecule has 25 heavy (non-hydrogen) atoms. The molecule has 130 valence electrons. The fraction of sp³-hybridized carbons (Fsp3) is 0.278. The lowest BCUT2D eigenvalue weighted by Gasteiger charge is -2.16. The Morgan fingerprint density at radius 1 is 1.28 bits per heavy atom. The second-order valence-electron chi connectivity index (χ2n) is 5.97. The summed E-state index contributed by atoms with van der Waals surface area (Å²) in [7, 11) is 0. The third kappa shape index (κ3) is 3.88. The third-order valence-corrected chi connectivity index (χ3v) is 5.04. The number of hydrogen-bond acceptors (Lipinski definition) is 4. The number of fused-ring (bicyclic) bond motifs is 1. The molecule has 3 N–H and O–H groups in total. The van der Waals surface area contributed by atoms with Gasteiger partial charge in [-0.15, -0.1) is 11.3 Å². The smallest absolute Gasteiger partial charge is 0.249 e. The van der Waals surface area contributed by atoms with E-state index in [1.54, 1.807) is 0 Å². The van der Waals surface area contributed by atoms with E-state index in [9.17, 15) is 9.59 Å². The van der Waals surface area contributed by atoms with Gasteiger partial charge in [0.15, 0.2) is 5.13 Å². The summed E-state index contributed by atoms with van der Waals surface area (Å²) < 4.78 is 0. The Bertz CT molecular complexity index is 909. The van der Waals surface area contributed by atoms with Crippen molar-refractivity contribution < 1.29 is 9.59 Å². The van der Waals surface area contributed by atoms with Gasteiger partial charge in [-0.25, -0.2) is 4.98 Å². The Morgan fingerprint density at radius 2 is 2.04 bits per heavy atom. The average molecular weight is 356 g/mol. The summed E-state index contributed by atoms with van der Waals surface area (Å²) in [6.07, 6.45) is 2.28. The molecule has 1 aromatic carbocycles. The molecule has 0 bridgehead atoms. The van der Waals surface area contributed by atoms with E-state index in [-0.39, 0.29) is 11.8 Å². The zero-order valence-electron chi connectivity index (χ0n) is 14.3. The van der Waals surface area contributed by atoms with Crippen molar-refractivity contribution in [3.63, 3.8) is 0 Å². The molecule has 0 radical (unpaired) electrons. The number of aromatic nitrogens is 2. The second kappa shape index (κ2) is 7.06. The third-order valence-electron chi connectivity index (χ3n) is 4.05. The van der Waals surface area contributed by atoms with Gasteiger partial charge in [-0.05, 0) is 25.5 Å². The minimum atomic E-state index is -0.666. The van der Waals surface area contributed by atoms with Crippen LogP contribution in [0.1, 0.15) is 23.1 Å². The number of anilines is 1. The topological polar surface area (TPSA) is 86.9 Å². The normalized spacial score (nSPS) is 12.1. The number of aryl methyl sites for hydroxylation is 2. The van der Waals surface area contributed by atoms with Crippen LogP contribution in [0.2, 0.25) is 0 Å². The molecule has 0 saturated carbocycles. The first kappa shape index (κ1) is 17.2. The van der Waals surface area contributed by atoms with Crippen LogP contribution in [-0.4, -0.2) is 27.8 Å². The Hall–Kier alpha value is -2.67. The summed E-state index contributed by atoms with van der Waals surface area (Å²) in [5, 5.41) is 7.15. The van der Waals surface area contributed by atoms with E-state index in [0.717, 1.165) is 27.0 Å². The number of H-pyrrole nitrogens is 1. The fourth-order valence-corrected chi connectivity index (χ4v) is 3.51. The van der Waals surface area contributed by atoms with E-state index in [0.29, 0.717) is 11.6 Å². The molecule has 2 heterocycles. The molecule has 0 aliphatic heterocycles. The van der Waals surface area contributed by atoms with Gasteiger partial charge >= 0.3 is 0 Å². The lowest BCUT2D eigenvalue weighted by molar-refractivity contribution is -0.125. The zero-order valence-corrected chi connectivity index (χ0v) is 15.2. The Labute approximate surface area is 149 Å². The van der Waals surface area contributed by atoms with E-state index in [1.807, 2.05) is 44.3 Å². The molecule has 6 nitrogen and oxygen atoms in total. The standard InChI is InChI=1S/C18H20N4O2S/c1-10-11(2)25-18(20-10)22-17(24)16(21-12(3)23)8-13-9-19-15-7-5-4-6-14(13)15/h4-7,9,16,19H,8H2,1-3H3,(H,21,23)(H,20,22,24). The highest BCUT2D eigenvalue weighted by atomic mass is 32.1. The van der Waals surface area contributed by atoms with Gasteiger partial charge in [-0.3, -0.25) is 9.59 Å². The van der Waals surface area contributed by atoms with E-state index in [2.05, 4.69) is 20.6 Å². The van der Waals surface area contributed by atoms with Crippen LogP contribution in [0.25, 0.3) is 10.9 Å². The highest BCUT2D eigenvalue weighted by molar-refractivity contribution is 7.15. The SMILES string of the molecule is CC(=O)NC(Cc1c[nH]c2ccccc12)C(=O)Nc1nc(C)c(C)s1. The number of hydrogen-bond donors (Lipinski definition) is 3. The number of nitrogens with one attached hydrogen (secondary N) is 3. The van der Waals surface area contributed by atoms with E-state index in [4.69, 9.17) is 0 Å². The predicted molar refractivity (Wildman–Crippen MR) is 99.8 cm³/mol. The second-order valence-corrected chi connectivity index (χ2v) is 7.17. The molecular weight excluding hydrogens is 336 g/mol. The number of aromatic amines is 1. The molecule has 0 fully saturated rings. The van der Waals surface area contributed by atoms with Crippen LogP contribution < -0.4 is 10.6 Å². The van der Waals surface area contributed by atoms with Crippen molar-refractivity contribution in [2.24, 2.45) is 0 Å². The largest absolute Gasteiger partial charge is 0.361 e. The monoisotopic (exact) mass is 356 g/mol. The summed E-state index contributed by atoms with van der Waals surface area (Å²) in [5.74, 6) is -0.513. The number of carbonyl (C=O) groups excluding carboxylic acids is 2. The van der Waals surface area contributed by atoms with Crippen molar-refractivity contribution in [1.29, 1.82) is 0 Å². The average Bonchev–Trinajstić information content (AvgIpc) is 3.10. The molecule has 0 spiro atoms. The summed E-state index contributed by atoms with van der Waals surface area (Å²) in [4.78, 5) is 32.8. The first-order valence-electron chi connectivity index (χ1n) is 8.01. The molecule has 0 aliphatic rings. The number of benzene rings is 1. The molecule has 0 saturated heterocycles. The Morgan fingerprint density at radius 3 is 2.72 bits per heavy atom. The van der Waals surface area contributed by atoms with Crippen LogP contribution >= 0.6 is 11.3 Å². The van der Waals surface area contributed by atoms with E-state index >= 15 is 0 Å². The van der Waals surface area contributed by atoms with Gasteiger partial charge in [0, 0.05) is 35.3 Å². The minimum absolute atomic E-state index is 0.244. The van der Waals surface area contributed by atoms with Crippen LogP contribution in [0.15, 0.2) is 30.5 Å². The maximum Gasteiger partial charge on any atom is 0.249 e. The van der Waals surface area contributed by atoms with Crippen molar-refractivity contribution in [3.05, 3.63) is 46.6 Å². The lowest BCUT2D eigenvalue weighted by atomic mass is 10.0. The van der Waals surface area contributed by atoms with Crippen molar-refractivity contribution in [3.8, 4) is 0 Å². The molecule has 1 unspecified atom stereocenters. The lowest BCUT2D eigenvalue weighted by Crippen LogP contribution is -2.44. The zero-order chi connectivity index (χ0) is 18.0. The number of rotatable bonds is 5. The molecule has 2 amide bonds.